The largest absolute Gasteiger partial charge is 0.381 e. The van der Waals surface area contributed by atoms with Gasteiger partial charge in [-0.3, -0.25) is 4.79 Å². The average molecular weight is 330 g/mol. The molecule has 0 aliphatic carbocycles. The number of amides is 1. The summed E-state index contributed by atoms with van der Waals surface area (Å²) >= 11 is 17.8. The molecule has 0 heterocycles. The standard InChI is InChI=1S/C14H11Cl3N2O/c15-9-3-8(4-10(16)5-9)7-19-11-1-2-12(14(18)20)13(17)6-11/h1-6,19H,7H2,(H2,18,20). The van der Waals surface area contributed by atoms with Crippen LogP contribution in [0.25, 0.3) is 0 Å². The third-order valence-electron chi connectivity index (χ3n) is 2.65. The van der Waals surface area contributed by atoms with E-state index in [2.05, 4.69) is 5.32 Å². The van der Waals surface area contributed by atoms with E-state index in [4.69, 9.17) is 40.5 Å². The van der Waals surface area contributed by atoms with Crippen LogP contribution in [-0.4, -0.2) is 5.91 Å². The number of primary amides is 1. The van der Waals surface area contributed by atoms with Gasteiger partial charge in [0.1, 0.15) is 0 Å². The van der Waals surface area contributed by atoms with Gasteiger partial charge in [0, 0.05) is 22.3 Å². The predicted molar refractivity (Wildman–Crippen MR) is 83.8 cm³/mol. The molecule has 2 aromatic rings. The Kier molecular flexibility index (Phi) is 4.76. The van der Waals surface area contributed by atoms with Gasteiger partial charge in [0.15, 0.2) is 0 Å². The van der Waals surface area contributed by atoms with Gasteiger partial charge in [0.05, 0.1) is 10.6 Å². The van der Waals surface area contributed by atoms with E-state index < -0.39 is 5.91 Å². The van der Waals surface area contributed by atoms with Crippen LogP contribution in [-0.2, 0) is 6.54 Å². The molecule has 20 heavy (non-hydrogen) atoms. The summed E-state index contributed by atoms with van der Waals surface area (Å²) < 4.78 is 0. The summed E-state index contributed by atoms with van der Waals surface area (Å²) in [5.41, 5.74) is 7.20. The molecule has 0 spiro atoms. The SMILES string of the molecule is NC(=O)c1ccc(NCc2cc(Cl)cc(Cl)c2)cc1Cl. The van der Waals surface area contributed by atoms with Crippen molar-refractivity contribution in [3.05, 3.63) is 62.6 Å². The van der Waals surface area contributed by atoms with Crippen LogP contribution >= 0.6 is 34.8 Å². The number of nitrogens with one attached hydrogen (secondary N) is 1. The Hall–Kier alpha value is -1.42. The van der Waals surface area contributed by atoms with Gasteiger partial charge in [-0.15, -0.1) is 0 Å². The minimum absolute atomic E-state index is 0.294. The predicted octanol–water partition coefficient (Wildman–Crippen LogP) is 4.36. The fourth-order valence-electron chi connectivity index (χ4n) is 1.74. The van der Waals surface area contributed by atoms with Crippen molar-refractivity contribution in [3.8, 4) is 0 Å². The van der Waals surface area contributed by atoms with Crippen molar-refractivity contribution >= 4 is 46.4 Å². The maximum Gasteiger partial charge on any atom is 0.250 e. The molecule has 0 fully saturated rings. The molecule has 0 aliphatic heterocycles. The van der Waals surface area contributed by atoms with Crippen molar-refractivity contribution in [2.75, 3.05) is 5.32 Å². The lowest BCUT2D eigenvalue weighted by molar-refractivity contribution is 0.100. The van der Waals surface area contributed by atoms with Gasteiger partial charge < -0.3 is 11.1 Å². The van der Waals surface area contributed by atoms with E-state index in [1.165, 1.54) is 0 Å². The summed E-state index contributed by atoms with van der Waals surface area (Å²) in [6, 6.07) is 10.3. The normalized spacial score (nSPS) is 10.3. The minimum atomic E-state index is -0.553. The first-order valence-electron chi connectivity index (χ1n) is 5.74. The van der Waals surface area contributed by atoms with Gasteiger partial charge in [-0.2, -0.15) is 0 Å². The first-order chi connectivity index (χ1) is 9.45. The van der Waals surface area contributed by atoms with Crippen LogP contribution in [0.4, 0.5) is 5.69 Å². The molecule has 0 aliphatic rings. The molecule has 6 heteroatoms. The summed E-state index contributed by atoms with van der Waals surface area (Å²) in [5.74, 6) is -0.553. The molecule has 2 rings (SSSR count). The molecule has 0 aromatic heterocycles. The Balaban J connectivity index is 2.11. The maximum absolute atomic E-state index is 11.1. The zero-order valence-electron chi connectivity index (χ0n) is 10.3. The first-order valence-corrected chi connectivity index (χ1v) is 6.87. The van der Waals surface area contributed by atoms with Crippen LogP contribution in [0.2, 0.25) is 15.1 Å². The van der Waals surface area contributed by atoms with E-state index in [1.54, 1.807) is 24.3 Å². The van der Waals surface area contributed by atoms with Crippen LogP contribution < -0.4 is 11.1 Å². The highest BCUT2D eigenvalue weighted by Crippen LogP contribution is 2.23. The van der Waals surface area contributed by atoms with Crippen LogP contribution in [0.3, 0.4) is 0 Å². The number of hydrogen-bond acceptors (Lipinski definition) is 2. The molecule has 0 radical (unpaired) electrons. The lowest BCUT2D eigenvalue weighted by Gasteiger charge is -2.09. The fraction of sp³-hybridized carbons (Fsp3) is 0.0714. The second kappa shape index (κ2) is 6.35. The molecule has 3 nitrogen and oxygen atoms in total. The molecule has 0 saturated heterocycles. The molecule has 104 valence electrons. The highest BCUT2D eigenvalue weighted by atomic mass is 35.5. The molecule has 1 amide bonds. The summed E-state index contributed by atoms with van der Waals surface area (Å²) in [6.45, 7) is 0.534. The molecule has 0 unspecified atom stereocenters. The van der Waals surface area contributed by atoms with Crippen molar-refractivity contribution in [1.82, 2.24) is 0 Å². The Labute approximate surface area is 131 Å². The van der Waals surface area contributed by atoms with E-state index in [0.29, 0.717) is 27.2 Å². The van der Waals surface area contributed by atoms with Crippen molar-refractivity contribution in [3.63, 3.8) is 0 Å². The fourth-order valence-corrected chi connectivity index (χ4v) is 2.59. The quantitative estimate of drug-likeness (QED) is 0.875. The van der Waals surface area contributed by atoms with Crippen molar-refractivity contribution in [2.45, 2.75) is 6.54 Å². The average Bonchev–Trinajstić information content (AvgIpc) is 2.35. The monoisotopic (exact) mass is 328 g/mol. The van der Waals surface area contributed by atoms with E-state index in [9.17, 15) is 4.79 Å². The number of benzene rings is 2. The molecule has 3 N–H and O–H groups in total. The van der Waals surface area contributed by atoms with Gasteiger partial charge in [-0.1, -0.05) is 34.8 Å². The van der Waals surface area contributed by atoms with E-state index in [0.717, 1.165) is 11.3 Å². The topological polar surface area (TPSA) is 55.1 Å². The highest BCUT2D eigenvalue weighted by Gasteiger charge is 2.07. The van der Waals surface area contributed by atoms with Gasteiger partial charge in [0.2, 0.25) is 5.91 Å². The zero-order valence-corrected chi connectivity index (χ0v) is 12.6. The molecule has 0 bridgehead atoms. The van der Waals surface area contributed by atoms with Crippen LogP contribution in [0.5, 0.6) is 0 Å². The van der Waals surface area contributed by atoms with Crippen LogP contribution in [0.1, 0.15) is 15.9 Å². The number of hydrogen-bond donors (Lipinski definition) is 2. The maximum atomic E-state index is 11.1. The second-order valence-electron chi connectivity index (χ2n) is 4.19. The lowest BCUT2D eigenvalue weighted by atomic mass is 10.2. The van der Waals surface area contributed by atoms with Crippen LogP contribution in [0, 0.1) is 0 Å². The lowest BCUT2D eigenvalue weighted by Crippen LogP contribution is -2.11. The zero-order chi connectivity index (χ0) is 14.7. The number of carbonyl (C=O) groups excluding carboxylic acids is 1. The van der Waals surface area contributed by atoms with Gasteiger partial charge in [-0.25, -0.2) is 0 Å². The summed E-state index contributed by atoms with van der Waals surface area (Å²) in [4.78, 5) is 11.1. The number of carbonyl (C=O) groups is 1. The highest BCUT2D eigenvalue weighted by molar-refractivity contribution is 6.35. The smallest absolute Gasteiger partial charge is 0.250 e. The third-order valence-corrected chi connectivity index (χ3v) is 3.40. The summed E-state index contributed by atoms with van der Waals surface area (Å²) in [7, 11) is 0. The van der Waals surface area contributed by atoms with E-state index in [-0.39, 0.29) is 0 Å². The Morgan fingerprint density at radius 2 is 1.70 bits per heavy atom. The number of nitrogens with two attached hydrogens (primary N) is 1. The van der Waals surface area contributed by atoms with Gasteiger partial charge in [0.25, 0.3) is 0 Å². The number of halogens is 3. The van der Waals surface area contributed by atoms with Crippen molar-refractivity contribution in [2.24, 2.45) is 5.73 Å². The molecule has 2 aromatic carbocycles. The molecule has 0 atom stereocenters. The van der Waals surface area contributed by atoms with E-state index >= 15 is 0 Å². The number of rotatable bonds is 4. The van der Waals surface area contributed by atoms with Crippen molar-refractivity contribution < 1.29 is 4.79 Å². The number of anilines is 1. The summed E-state index contributed by atoms with van der Waals surface area (Å²) in [5, 5.41) is 4.64. The molecule has 0 saturated carbocycles. The van der Waals surface area contributed by atoms with Gasteiger partial charge in [-0.05, 0) is 42.0 Å². The molecular weight excluding hydrogens is 319 g/mol. The minimum Gasteiger partial charge on any atom is -0.381 e. The summed E-state index contributed by atoms with van der Waals surface area (Å²) in [6.07, 6.45) is 0. The van der Waals surface area contributed by atoms with E-state index in [1.807, 2.05) is 12.1 Å². The van der Waals surface area contributed by atoms with Crippen molar-refractivity contribution in [1.29, 1.82) is 0 Å². The Morgan fingerprint density at radius 3 is 2.25 bits per heavy atom. The second-order valence-corrected chi connectivity index (χ2v) is 5.47. The Bertz CT molecular complexity index is 639. The van der Waals surface area contributed by atoms with Gasteiger partial charge >= 0.3 is 0 Å². The third kappa shape index (κ3) is 3.79. The molecular formula is C14H11Cl3N2O. The van der Waals surface area contributed by atoms with Crippen LogP contribution in [0.15, 0.2) is 36.4 Å². The first kappa shape index (κ1) is 15.0. The Morgan fingerprint density at radius 1 is 1.05 bits per heavy atom.